The molecule has 4 heterocycles. The molecule has 1 amide bonds. The molecule has 5 rings (SSSR count). The zero-order valence-corrected chi connectivity index (χ0v) is 19.2. The lowest BCUT2D eigenvalue weighted by atomic mass is 10.1. The third kappa shape index (κ3) is 4.38. The fourth-order valence-electron chi connectivity index (χ4n) is 4.27. The van der Waals surface area contributed by atoms with Crippen molar-refractivity contribution in [1.29, 1.82) is 0 Å². The Morgan fingerprint density at radius 2 is 2.06 bits per heavy atom. The maximum absolute atomic E-state index is 13.3. The van der Waals surface area contributed by atoms with Crippen molar-refractivity contribution >= 4 is 34.0 Å². The third-order valence-corrected chi connectivity index (χ3v) is 6.73. The first-order chi connectivity index (χ1) is 15.6. The molecular formula is C24H27N3O4S. The summed E-state index contributed by atoms with van der Waals surface area (Å²) in [6.07, 6.45) is 2.53. The zero-order chi connectivity index (χ0) is 22.1. The van der Waals surface area contributed by atoms with E-state index in [1.807, 2.05) is 53.5 Å². The molecule has 1 saturated heterocycles. The number of nitrogens with zero attached hydrogens (tertiary/aromatic N) is 3. The van der Waals surface area contributed by atoms with Crippen LogP contribution in [-0.4, -0.2) is 55.9 Å². The third-order valence-electron chi connectivity index (χ3n) is 5.86. The van der Waals surface area contributed by atoms with Crippen molar-refractivity contribution in [2.45, 2.75) is 31.9 Å². The van der Waals surface area contributed by atoms with Gasteiger partial charge in [0.1, 0.15) is 5.82 Å². The predicted molar refractivity (Wildman–Crippen MR) is 125 cm³/mol. The highest BCUT2D eigenvalue weighted by atomic mass is 32.1. The second-order valence-electron chi connectivity index (χ2n) is 8.43. The van der Waals surface area contributed by atoms with Gasteiger partial charge in [-0.25, -0.2) is 4.98 Å². The molecule has 1 aromatic carbocycles. The molecule has 2 aliphatic rings. The second kappa shape index (κ2) is 8.96. The lowest BCUT2D eigenvalue weighted by Crippen LogP contribution is -2.38. The Morgan fingerprint density at radius 3 is 2.78 bits per heavy atom. The number of rotatable bonds is 7. The molecule has 1 atom stereocenters. The Bertz CT molecular complexity index is 1110. The minimum atomic E-state index is 0.0901. The van der Waals surface area contributed by atoms with Crippen LogP contribution in [0.3, 0.4) is 0 Å². The SMILES string of the molecule is CN(C)c1nc2cc3c(cc2cc1CN(C[C@@H]1CCCO1)C(=O)Cc1cccs1)OCO3. The Hall–Kier alpha value is -2.84. The number of fused-ring (bicyclic) bond motifs is 2. The summed E-state index contributed by atoms with van der Waals surface area (Å²) in [6, 6.07) is 9.99. The van der Waals surface area contributed by atoms with Crippen LogP contribution in [0.15, 0.2) is 35.7 Å². The second-order valence-corrected chi connectivity index (χ2v) is 9.46. The molecule has 32 heavy (non-hydrogen) atoms. The molecule has 2 aliphatic heterocycles. The first-order valence-electron chi connectivity index (χ1n) is 10.9. The first kappa shape index (κ1) is 21.0. The molecule has 0 unspecified atom stereocenters. The number of ether oxygens (including phenoxy) is 3. The number of hydrogen-bond donors (Lipinski definition) is 0. The fourth-order valence-corrected chi connectivity index (χ4v) is 4.97. The van der Waals surface area contributed by atoms with Gasteiger partial charge in [0, 0.05) is 55.7 Å². The largest absolute Gasteiger partial charge is 0.454 e. The van der Waals surface area contributed by atoms with E-state index < -0.39 is 0 Å². The number of carbonyl (C=O) groups excluding carboxylic acids is 1. The topological polar surface area (TPSA) is 64.1 Å². The van der Waals surface area contributed by atoms with Gasteiger partial charge in [-0.15, -0.1) is 11.3 Å². The van der Waals surface area contributed by atoms with Crippen molar-refractivity contribution < 1.29 is 19.0 Å². The van der Waals surface area contributed by atoms with Crippen molar-refractivity contribution in [1.82, 2.24) is 9.88 Å². The van der Waals surface area contributed by atoms with E-state index in [-0.39, 0.29) is 18.8 Å². The molecule has 2 aromatic heterocycles. The van der Waals surface area contributed by atoms with Gasteiger partial charge in [0.2, 0.25) is 12.7 Å². The summed E-state index contributed by atoms with van der Waals surface area (Å²) in [7, 11) is 3.95. The summed E-state index contributed by atoms with van der Waals surface area (Å²) < 4.78 is 16.9. The normalized spacial score (nSPS) is 17.1. The van der Waals surface area contributed by atoms with Crippen molar-refractivity contribution in [2.24, 2.45) is 0 Å². The van der Waals surface area contributed by atoms with Gasteiger partial charge in [-0.2, -0.15) is 0 Å². The molecule has 0 saturated carbocycles. The van der Waals surface area contributed by atoms with Gasteiger partial charge in [-0.1, -0.05) is 6.07 Å². The smallest absolute Gasteiger partial charge is 0.231 e. The molecule has 0 N–H and O–H groups in total. The molecule has 7 nitrogen and oxygen atoms in total. The average molecular weight is 454 g/mol. The van der Waals surface area contributed by atoms with Crippen LogP contribution in [0.2, 0.25) is 0 Å². The number of anilines is 1. The van der Waals surface area contributed by atoms with Gasteiger partial charge < -0.3 is 24.0 Å². The van der Waals surface area contributed by atoms with Gasteiger partial charge >= 0.3 is 0 Å². The first-order valence-corrected chi connectivity index (χ1v) is 11.8. The van der Waals surface area contributed by atoms with E-state index in [1.54, 1.807) is 11.3 Å². The molecule has 1 fully saturated rings. The Labute approximate surface area is 191 Å². The monoisotopic (exact) mass is 453 g/mol. The van der Waals surface area contributed by atoms with E-state index in [0.29, 0.717) is 25.3 Å². The highest BCUT2D eigenvalue weighted by molar-refractivity contribution is 7.10. The van der Waals surface area contributed by atoms with Crippen LogP contribution in [0.4, 0.5) is 5.82 Å². The highest BCUT2D eigenvalue weighted by Gasteiger charge is 2.25. The van der Waals surface area contributed by atoms with Gasteiger partial charge in [0.05, 0.1) is 18.0 Å². The minimum Gasteiger partial charge on any atom is -0.454 e. The van der Waals surface area contributed by atoms with Gasteiger partial charge in [-0.3, -0.25) is 4.79 Å². The Balaban J connectivity index is 1.47. The molecular weight excluding hydrogens is 426 g/mol. The van der Waals surface area contributed by atoms with Crippen LogP contribution < -0.4 is 14.4 Å². The summed E-state index contributed by atoms with van der Waals surface area (Å²) >= 11 is 1.61. The number of benzene rings is 1. The Morgan fingerprint density at radius 1 is 1.22 bits per heavy atom. The highest BCUT2D eigenvalue weighted by Crippen LogP contribution is 2.37. The molecule has 0 spiro atoms. The predicted octanol–water partition coefficient (Wildman–Crippen LogP) is 3.84. The summed E-state index contributed by atoms with van der Waals surface area (Å²) in [4.78, 5) is 23.2. The van der Waals surface area contributed by atoms with Crippen LogP contribution in [0.1, 0.15) is 23.3 Å². The van der Waals surface area contributed by atoms with Crippen molar-refractivity contribution in [3.63, 3.8) is 0 Å². The number of hydrogen-bond acceptors (Lipinski definition) is 7. The van der Waals surface area contributed by atoms with Crippen LogP contribution in [0, 0.1) is 0 Å². The van der Waals surface area contributed by atoms with Gasteiger partial charge in [-0.05, 0) is 36.4 Å². The lowest BCUT2D eigenvalue weighted by molar-refractivity contribution is -0.132. The van der Waals surface area contributed by atoms with Crippen LogP contribution in [-0.2, 0) is 22.5 Å². The number of carbonyl (C=O) groups is 1. The van der Waals surface area contributed by atoms with E-state index >= 15 is 0 Å². The molecule has 0 bridgehead atoms. The molecule has 8 heteroatoms. The maximum Gasteiger partial charge on any atom is 0.231 e. The number of pyridine rings is 1. The van der Waals surface area contributed by atoms with E-state index in [1.165, 1.54) is 0 Å². The maximum atomic E-state index is 13.3. The summed E-state index contributed by atoms with van der Waals surface area (Å²) in [5, 5.41) is 2.98. The molecule has 0 aliphatic carbocycles. The van der Waals surface area contributed by atoms with Crippen LogP contribution in [0.5, 0.6) is 11.5 Å². The van der Waals surface area contributed by atoms with E-state index in [4.69, 9.17) is 19.2 Å². The van der Waals surface area contributed by atoms with E-state index in [0.717, 1.165) is 52.4 Å². The molecule has 3 aromatic rings. The summed E-state index contributed by atoms with van der Waals surface area (Å²) in [6.45, 7) is 2.07. The minimum absolute atomic E-state index is 0.0901. The van der Waals surface area contributed by atoms with Crippen LogP contribution in [0.25, 0.3) is 10.9 Å². The number of amides is 1. The number of aromatic nitrogens is 1. The molecule has 0 radical (unpaired) electrons. The summed E-state index contributed by atoms with van der Waals surface area (Å²) in [5.41, 5.74) is 1.84. The quantitative estimate of drug-likeness (QED) is 0.542. The average Bonchev–Trinajstić information content (AvgIpc) is 3.54. The number of thiophene rings is 1. The molecule has 168 valence electrons. The van der Waals surface area contributed by atoms with Crippen LogP contribution >= 0.6 is 11.3 Å². The van der Waals surface area contributed by atoms with Crippen molar-refractivity contribution in [3.8, 4) is 11.5 Å². The zero-order valence-electron chi connectivity index (χ0n) is 18.4. The Kier molecular flexibility index (Phi) is 5.89. The fraction of sp³-hybridized carbons (Fsp3) is 0.417. The van der Waals surface area contributed by atoms with Crippen molar-refractivity contribution in [2.75, 3.05) is 38.9 Å². The van der Waals surface area contributed by atoms with Gasteiger partial charge in [0.25, 0.3) is 0 Å². The summed E-state index contributed by atoms with van der Waals surface area (Å²) in [5.74, 6) is 2.40. The lowest BCUT2D eigenvalue weighted by Gasteiger charge is -2.27. The van der Waals surface area contributed by atoms with Crippen molar-refractivity contribution in [3.05, 3.63) is 46.2 Å². The van der Waals surface area contributed by atoms with Gasteiger partial charge in [0.15, 0.2) is 11.5 Å². The van der Waals surface area contributed by atoms with E-state index in [9.17, 15) is 4.79 Å². The standard InChI is InChI=1S/C24H27N3O4S/c1-26(2)24-17(9-16-10-21-22(31-15-30-21)12-20(16)25-24)13-27(14-18-5-3-7-29-18)23(28)11-19-6-4-8-32-19/h4,6,8-10,12,18H,3,5,7,11,13-15H2,1-2H3/t18-/m0/s1. The van der Waals surface area contributed by atoms with E-state index in [2.05, 4.69) is 6.07 Å².